The van der Waals surface area contributed by atoms with E-state index in [4.69, 9.17) is 0 Å². The molecule has 0 radical (unpaired) electrons. The molecule has 0 amide bonds. The van der Waals surface area contributed by atoms with E-state index in [2.05, 4.69) is 38.4 Å². The van der Waals surface area contributed by atoms with Crippen LogP contribution in [0.3, 0.4) is 0 Å². The number of rotatable bonds is 0. The first kappa shape index (κ1) is 6.86. The van der Waals surface area contributed by atoms with Crippen LogP contribution >= 0.6 is 0 Å². The Labute approximate surface area is 67.9 Å². The lowest BCUT2D eigenvalue weighted by atomic mass is 10.2. The number of likely N-dealkylation sites (N-methyl/N-ethyl adjacent to an activating group) is 1. The molecule has 1 heteroatoms. The summed E-state index contributed by atoms with van der Waals surface area (Å²) in [4.78, 5) is 0. The highest BCUT2D eigenvalue weighted by molar-refractivity contribution is 5.53. The van der Waals surface area contributed by atoms with Crippen LogP contribution in [0.5, 0.6) is 0 Å². The number of quaternary nitrogens is 1. The second kappa shape index (κ2) is 2.08. The average molecular weight is 148 g/mol. The molecule has 2 rings (SSSR count). The van der Waals surface area contributed by atoms with Crippen LogP contribution in [-0.2, 0) is 6.42 Å². The molecule has 1 aromatic carbocycles. The molecule has 0 atom stereocenters. The summed E-state index contributed by atoms with van der Waals surface area (Å²) in [6.45, 7) is 1.25. The number of hydrogen-bond acceptors (Lipinski definition) is 0. The molecular formula is C10H14N+. The predicted molar refractivity (Wildman–Crippen MR) is 48.7 cm³/mol. The van der Waals surface area contributed by atoms with Crippen molar-refractivity contribution in [3.05, 3.63) is 29.8 Å². The molecule has 1 heterocycles. The van der Waals surface area contributed by atoms with Gasteiger partial charge in [-0.1, -0.05) is 18.2 Å². The van der Waals surface area contributed by atoms with E-state index >= 15 is 0 Å². The van der Waals surface area contributed by atoms with E-state index in [0.717, 1.165) is 4.48 Å². The predicted octanol–water partition coefficient (Wildman–Crippen LogP) is 1.81. The molecular weight excluding hydrogens is 134 g/mol. The van der Waals surface area contributed by atoms with Crippen molar-refractivity contribution in [2.24, 2.45) is 0 Å². The molecule has 0 aliphatic carbocycles. The number of para-hydroxylation sites is 1. The van der Waals surface area contributed by atoms with Gasteiger partial charge in [0.1, 0.15) is 5.69 Å². The number of hydrogen-bond donors (Lipinski definition) is 0. The molecule has 0 saturated carbocycles. The molecule has 11 heavy (non-hydrogen) atoms. The topological polar surface area (TPSA) is 0 Å². The molecule has 1 aromatic rings. The van der Waals surface area contributed by atoms with E-state index in [9.17, 15) is 0 Å². The van der Waals surface area contributed by atoms with E-state index in [1.807, 2.05) is 0 Å². The molecule has 0 spiro atoms. The molecule has 0 aromatic heterocycles. The number of fused-ring (bicyclic) bond motifs is 1. The maximum atomic E-state index is 2.27. The zero-order valence-electron chi connectivity index (χ0n) is 7.17. The van der Waals surface area contributed by atoms with Crippen LogP contribution in [0.1, 0.15) is 5.56 Å². The Balaban J connectivity index is 2.56. The Bertz CT molecular complexity index is 276. The normalized spacial score (nSPS) is 19.8. The first-order chi connectivity index (χ1) is 5.20. The molecule has 0 fully saturated rings. The van der Waals surface area contributed by atoms with Gasteiger partial charge in [-0.25, -0.2) is 0 Å². The van der Waals surface area contributed by atoms with Gasteiger partial charge in [-0.2, -0.15) is 0 Å². The van der Waals surface area contributed by atoms with Crippen molar-refractivity contribution in [2.45, 2.75) is 6.42 Å². The zero-order valence-corrected chi connectivity index (χ0v) is 7.17. The highest BCUT2D eigenvalue weighted by Gasteiger charge is 2.28. The van der Waals surface area contributed by atoms with Gasteiger partial charge < -0.3 is 0 Å². The Kier molecular flexibility index (Phi) is 1.30. The van der Waals surface area contributed by atoms with Crippen LogP contribution in [0.15, 0.2) is 24.3 Å². The van der Waals surface area contributed by atoms with E-state index in [1.54, 1.807) is 0 Å². The third kappa shape index (κ3) is 0.962. The van der Waals surface area contributed by atoms with Crippen molar-refractivity contribution in [2.75, 3.05) is 20.6 Å². The van der Waals surface area contributed by atoms with Crippen molar-refractivity contribution >= 4 is 5.69 Å². The summed E-state index contributed by atoms with van der Waals surface area (Å²) in [6, 6.07) is 8.74. The maximum Gasteiger partial charge on any atom is 0.135 e. The molecule has 1 aliphatic rings. The van der Waals surface area contributed by atoms with Gasteiger partial charge in [0.2, 0.25) is 0 Å². The lowest BCUT2D eigenvalue weighted by Crippen LogP contribution is -2.37. The Morgan fingerprint density at radius 3 is 2.64 bits per heavy atom. The highest BCUT2D eigenvalue weighted by Crippen LogP contribution is 2.30. The van der Waals surface area contributed by atoms with Crippen molar-refractivity contribution < 1.29 is 0 Å². The first-order valence-electron chi connectivity index (χ1n) is 4.12. The van der Waals surface area contributed by atoms with E-state index < -0.39 is 0 Å². The Morgan fingerprint density at radius 1 is 1.18 bits per heavy atom. The van der Waals surface area contributed by atoms with Crippen LogP contribution in [0, 0.1) is 0 Å². The van der Waals surface area contributed by atoms with Crippen LogP contribution in [0.4, 0.5) is 5.69 Å². The van der Waals surface area contributed by atoms with Crippen molar-refractivity contribution in [1.82, 2.24) is 4.48 Å². The minimum Gasteiger partial charge on any atom is -0.295 e. The van der Waals surface area contributed by atoms with Gasteiger partial charge in [-0.3, -0.25) is 4.48 Å². The summed E-state index contributed by atoms with van der Waals surface area (Å²) in [5, 5.41) is 0. The molecule has 0 unspecified atom stereocenters. The summed E-state index contributed by atoms with van der Waals surface area (Å²) in [6.07, 6.45) is 1.24. The Hall–Kier alpha value is -0.820. The van der Waals surface area contributed by atoms with Gasteiger partial charge in [-0.05, 0) is 6.07 Å². The van der Waals surface area contributed by atoms with Crippen LogP contribution in [-0.4, -0.2) is 20.6 Å². The third-order valence-corrected chi connectivity index (χ3v) is 2.58. The third-order valence-electron chi connectivity index (χ3n) is 2.58. The zero-order chi connectivity index (χ0) is 7.90. The first-order valence-corrected chi connectivity index (χ1v) is 4.12. The largest absolute Gasteiger partial charge is 0.295 e. The van der Waals surface area contributed by atoms with Gasteiger partial charge in [0.25, 0.3) is 0 Å². The van der Waals surface area contributed by atoms with Crippen molar-refractivity contribution in [1.29, 1.82) is 0 Å². The maximum absolute atomic E-state index is 2.27. The second-order valence-corrected chi connectivity index (χ2v) is 3.79. The minimum atomic E-state index is 1.05. The lowest BCUT2D eigenvalue weighted by molar-refractivity contribution is 0.433. The van der Waals surface area contributed by atoms with Crippen molar-refractivity contribution in [3.63, 3.8) is 0 Å². The number of benzene rings is 1. The van der Waals surface area contributed by atoms with Gasteiger partial charge in [-0.15, -0.1) is 0 Å². The van der Waals surface area contributed by atoms with Gasteiger partial charge in [0.05, 0.1) is 20.6 Å². The molecule has 58 valence electrons. The fourth-order valence-electron chi connectivity index (χ4n) is 1.83. The van der Waals surface area contributed by atoms with Gasteiger partial charge in [0, 0.05) is 12.0 Å². The summed E-state index contributed by atoms with van der Waals surface area (Å²) < 4.78 is 1.05. The summed E-state index contributed by atoms with van der Waals surface area (Å²) in [5.41, 5.74) is 3.02. The molecule has 0 saturated heterocycles. The van der Waals surface area contributed by atoms with E-state index in [-0.39, 0.29) is 0 Å². The molecule has 0 N–H and O–H groups in total. The molecule has 0 bridgehead atoms. The number of nitrogens with zero attached hydrogens (tertiary/aromatic N) is 1. The fraction of sp³-hybridized carbons (Fsp3) is 0.400. The van der Waals surface area contributed by atoms with Crippen LogP contribution in [0.2, 0.25) is 0 Å². The summed E-state index contributed by atoms with van der Waals surface area (Å²) >= 11 is 0. The highest BCUT2D eigenvalue weighted by atomic mass is 15.3. The summed E-state index contributed by atoms with van der Waals surface area (Å²) in [7, 11) is 4.54. The van der Waals surface area contributed by atoms with Crippen LogP contribution in [0.25, 0.3) is 0 Å². The van der Waals surface area contributed by atoms with E-state index in [1.165, 1.54) is 24.2 Å². The molecule has 1 nitrogen and oxygen atoms in total. The SMILES string of the molecule is C[N+]1(C)CCc2ccccc21. The summed E-state index contributed by atoms with van der Waals surface area (Å²) in [5.74, 6) is 0. The quantitative estimate of drug-likeness (QED) is 0.492. The average Bonchev–Trinajstić information content (AvgIpc) is 2.29. The fourth-order valence-corrected chi connectivity index (χ4v) is 1.83. The van der Waals surface area contributed by atoms with Crippen molar-refractivity contribution in [3.8, 4) is 0 Å². The standard InChI is InChI=1S/C10H14N/c1-11(2)8-7-9-5-3-4-6-10(9)11/h3-6H,7-8H2,1-2H3/q+1. The Morgan fingerprint density at radius 2 is 1.91 bits per heavy atom. The minimum absolute atomic E-state index is 1.05. The second-order valence-electron chi connectivity index (χ2n) is 3.79. The van der Waals surface area contributed by atoms with Gasteiger partial charge >= 0.3 is 0 Å². The van der Waals surface area contributed by atoms with E-state index in [0.29, 0.717) is 0 Å². The molecule has 1 aliphatic heterocycles. The smallest absolute Gasteiger partial charge is 0.135 e. The van der Waals surface area contributed by atoms with Crippen LogP contribution < -0.4 is 4.48 Å². The monoisotopic (exact) mass is 148 g/mol. The lowest BCUT2D eigenvalue weighted by Gasteiger charge is -2.23. The van der Waals surface area contributed by atoms with Gasteiger partial charge in [0.15, 0.2) is 0 Å².